The molecule has 0 aromatic heterocycles. The molecular formula is C3H9NaO3S3. The second-order valence-electron chi connectivity index (χ2n) is 1.58. The molecule has 0 aliphatic heterocycles. The second kappa shape index (κ2) is 6.16. The maximum atomic E-state index is 10.1. The Labute approximate surface area is 93.8 Å². The summed E-state index contributed by atoms with van der Waals surface area (Å²) in [6.45, 7) is 0. The molecule has 0 saturated heterocycles. The van der Waals surface area contributed by atoms with Crippen LogP contribution in [0.15, 0.2) is 0 Å². The summed E-state index contributed by atoms with van der Waals surface area (Å²) in [5.41, 5.74) is 0. The van der Waals surface area contributed by atoms with Crippen molar-refractivity contribution in [2.24, 2.45) is 0 Å². The van der Waals surface area contributed by atoms with Gasteiger partial charge < -0.3 is 0 Å². The van der Waals surface area contributed by atoms with E-state index in [1.54, 1.807) is 0 Å². The van der Waals surface area contributed by atoms with Crippen LogP contribution in [0.5, 0.6) is 0 Å². The Morgan fingerprint density at radius 2 is 1.90 bits per heavy atom. The van der Waals surface area contributed by atoms with Gasteiger partial charge in [0.05, 0.1) is 5.75 Å². The van der Waals surface area contributed by atoms with Crippen LogP contribution in [0.2, 0.25) is 0 Å². The van der Waals surface area contributed by atoms with Gasteiger partial charge in [-0.2, -0.15) is 33.7 Å². The van der Waals surface area contributed by atoms with Crippen molar-refractivity contribution in [1.29, 1.82) is 0 Å². The molecule has 0 aromatic carbocycles. The molecule has 1 unspecified atom stereocenters. The van der Waals surface area contributed by atoms with Crippen LogP contribution in [-0.4, -0.2) is 59.3 Å². The van der Waals surface area contributed by atoms with Gasteiger partial charge >= 0.3 is 29.6 Å². The molecule has 0 bridgehead atoms. The first-order valence-corrected chi connectivity index (χ1v) is 4.95. The first-order chi connectivity index (χ1) is 3.95. The topological polar surface area (TPSA) is 54.4 Å². The molecule has 0 fully saturated rings. The zero-order chi connectivity index (χ0) is 7.49. The molecule has 0 spiro atoms. The quantitative estimate of drug-likeness (QED) is 0.334. The summed E-state index contributed by atoms with van der Waals surface area (Å²) in [6.07, 6.45) is 0. The number of thiol groups is 2. The van der Waals surface area contributed by atoms with Gasteiger partial charge in [-0.1, -0.05) is 0 Å². The van der Waals surface area contributed by atoms with Crippen LogP contribution in [-0.2, 0) is 10.1 Å². The summed E-state index contributed by atoms with van der Waals surface area (Å²) in [5, 5.41) is -0.386. The summed E-state index contributed by atoms with van der Waals surface area (Å²) in [4.78, 5) is 0. The third kappa shape index (κ3) is 9.61. The van der Waals surface area contributed by atoms with Crippen LogP contribution in [0.4, 0.5) is 0 Å². The molecule has 1 N–H and O–H groups in total. The van der Waals surface area contributed by atoms with Crippen LogP contribution in [0.3, 0.4) is 0 Å². The van der Waals surface area contributed by atoms with E-state index < -0.39 is 10.1 Å². The summed E-state index contributed by atoms with van der Waals surface area (Å²) in [7, 11) is -3.86. The van der Waals surface area contributed by atoms with Crippen LogP contribution < -0.4 is 0 Å². The molecular weight excluding hydrogens is 203 g/mol. The van der Waals surface area contributed by atoms with Crippen LogP contribution in [0.25, 0.3) is 0 Å². The van der Waals surface area contributed by atoms with E-state index in [1.807, 2.05) is 0 Å². The molecule has 0 aliphatic rings. The Balaban J connectivity index is 0. The predicted octanol–water partition coefficient (Wildman–Crippen LogP) is -0.546. The van der Waals surface area contributed by atoms with Crippen LogP contribution >= 0.6 is 25.3 Å². The van der Waals surface area contributed by atoms with Gasteiger partial charge in [0.1, 0.15) is 0 Å². The molecule has 0 saturated carbocycles. The summed E-state index contributed by atoms with van der Waals surface area (Å²) < 4.78 is 28.4. The van der Waals surface area contributed by atoms with E-state index in [-0.39, 0.29) is 40.6 Å². The zero-order valence-corrected chi connectivity index (χ0v) is 7.16. The van der Waals surface area contributed by atoms with E-state index in [1.165, 1.54) is 0 Å². The van der Waals surface area contributed by atoms with Gasteiger partial charge in [-0.05, 0) is 0 Å². The molecule has 0 rings (SSSR count). The van der Waals surface area contributed by atoms with Gasteiger partial charge in [-0.25, -0.2) is 0 Å². The van der Waals surface area contributed by atoms with E-state index >= 15 is 0 Å². The van der Waals surface area contributed by atoms with Gasteiger partial charge in [0.2, 0.25) is 0 Å². The van der Waals surface area contributed by atoms with Crippen molar-refractivity contribution >= 4 is 64.9 Å². The predicted molar refractivity (Wildman–Crippen MR) is 50.2 cm³/mol. The molecule has 58 valence electrons. The Hall–Kier alpha value is 1.61. The fraction of sp³-hybridized carbons (Fsp3) is 1.00. The molecule has 1 atom stereocenters. The minimum atomic E-state index is -3.86. The Morgan fingerprint density at radius 1 is 1.50 bits per heavy atom. The van der Waals surface area contributed by atoms with E-state index in [0.29, 0.717) is 5.75 Å². The summed E-state index contributed by atoms with van der Waals surface area (Å²) in [6, 6.07) is 0. The third-order valence-electron chi connectivity index (χ3n) is 0.614. The fourth-order valence-electron chi connectivity index (χ4n) is 0.296. The average Bonchev–Trinajstić information content (AvgIpc) is 1.62. The van der Waals surface area contributed by atoms with E-state index in [2.05, 4.69) is 25.3 Å². The fourth-order valence-corrected chi connectivity index (χ4v) is 1.77. The molecule has 10 heavy (non-hydrogen) atoms. The number of rotatable bonds is 3. The molecule has 0 aliphatic carbocycles. The maximum absolute atomic E-state index is 10.1. The van der Waals surface area contributed by atoms with Gasteiger partial charge in [0, 0.05) is 11.0 Å². The minimum absolute atomic E-state index is 0. The van der Waals surface area contributed by atoms with Crippen LogP contribution in [0.1, 0.15) is 0 Å². The number of hydrogen-bond donors (Lipinski definition) is 3. The summed E-state index contributed by atoms with van der Waals surface area (Å²) >= 11 is 7.58. The zero-order valence-electron chi connectivity index (χ0n) is 4.56. The van der Waals surface area contributed by atoms with Crippen molar-refractivity contribution in [2.45, 2.75) is 5.25 Å². The first kappa shape index (κ1) is 14.2. The average molecular weight is 212 g/mol. The van der Waals surface area contributed by atoms with Gasteiger partial charge in [-0.15, -0.1) is 0 Å². The number of hydrogen-bond acceptors (Lipinski definition) is 4. The van der Waals surface area contributed by atoms with Gasteiger partial charge in [-0.3, -0.25) is 4.55 Å². The Bertz CT molecular complexity index is 166. The molecule has 7 heteroatoms. The van der Waals surface area contributed by atoms with Crippen molar-refractivity contribution in [2.75, 3.05) is 11.5 Å². The Morgan fingerprint density at radius 3 is 2.00 bits per heavy atom. The van der Waals surface area contributed by atoms with E-state index in [4.69, 9.17) is 4.55 Å². The van der Waals surface area contributed by atoms with Crippen molar-refractivity contribution < 1.29 is 13.0 Å². The third-order valence-corrected chi connectivity index (χ3v) is 2.78. The normalized spacial score (nSPS) is 13.9. The van der Waals surface area contributed by atoms with Crippen molar-refractivity contribution in [1.82, 2.24) is 0 Å². The molecule has 0 amide bonds. The standard InChI is InChI=1S/C3H8O3S3.Na.H/c4-9(5,6)2-3(8)1-7;;/h3,7-8H,1-2H2,(H,4,5,6);;. The van der Waals surface area contributed by atoms with Crippen molar-refractivity contribution in [3.8, 4) is 0 Å². The second-order valence-corrected chi connectivity index (χ2v) is 4.18. The first-order valence-electron chi connectivity index (χ1n) is 2.20. The Kier molecular flexibility index (Phi) is 8.72. The van der Waals surface area contributed by atoms with Gasteiger partial charge in [0.25, 0.3) is 10.1 Å². The van der Waals surface area contributed by atoms with Crippen molar-refractivity contribution in [3.63, 3.8) is 0 Å². The summed E-state index contributed by atoms with van der Waals surface area (Å²) in [5.74, 6) is 0.00249. The van der Waals surface area contributed by atoms with E-state index in [0.717, 1.165) is 0 Å². The van der Waals surface area contributed by atoms with Gasteiger partial charge in [0.15, 0.2) is 0 Å². The van der Waals surface area contributed by atoms with Crippen LogP contribution in [0, 0.1) is 0 Å². The van der Waals surface area contributed by atoms with Crippen molar-refractivity contribution in [3.05, 3.63) is 0 Å². The molecule has 0 heterocycles. The molecule has 0 aromatic rings. The SMILES string of the molecule is O=S(=O)(O)CC(S)CS.[NaH]. The molecule has 3 nitrogen and oxygen atoms in total. The monoisotopic (exact) mass is 212 g/mol. The molecule has 0 radical (unpaired) electrons. The van der Waals surface area contributed by atoms with E-state index in [9.17, 15) is 8.42 Å².